The van der Waals surface area contributed by atoms with Crippen LogP contribution in [0, 0.1) is 20.2 Å². The van der Waals surface area contributed by atoms with Gasteiger partial charge in [-0.3, -0.25) is 20.2 Å². The van der Waals surface area contributed by atoms with Crippen molar-refractivity contribution in [3.05, 3.63) is 99.1 Å². The summed E-state index contributed by atoms with van der Waals surface area (Å²) in [6, 6.07) is 18.2. The Labute approximate surface area is 164 Å². The Balaban J connectivity index is 2.02. The fourth-order valence-electron chi connectivity index (χ4n) is 2.28. The molecule has 0 saturated heterocycles. The van der Waals surface area contributed by atoms with Crippen molar-refractivity contribution in [2.24, 2.45) is 0 Å². The molecule has 0 atom stereocenters. The van der Waals surface area contributed by atoms with Gasteiger partial charge in [0.1, 0.15) is 5.75 Å². The highest BCUT2D eigenvalue weighted by Crippen LogP contribution is 2.52. The van der Waals surface area contributed by atoms with Crippen molar-refractivity contribution < 1.29 is 28.0 Å². The molecule has 0 unspecified atom stereocenters. The van der Waals surface area contributed by atoms with Crippen molar-refractivity contribution in [3.63, 3.8) is 0 Å². The average Bonchev–Trinajstić information content (AvgIpc) is 2.69. The number of nitrogens with zero attached hydrogens (tertiary/aromatic N) is 2. The van der Waals surface area contributed by atoms with Crippen molar-refractivity contribution in [2.75, 3.05) is 0 Å². The molecule has 0 saturated carbocycles. The fraction of sp³-hybridized carbons (Fsp3) is 0. The van der Waals surface area contributed by atoms with Gasteiger partial charge in [0.25, 0.3) is 0 Å². The van der Waals surface area contributed by atoms with Crippen LogP contribution in [0.15, 0.2) is 78.9 Å². The number of phosphoric ester groups is 1. The van der Waals surface area contributed by atoms with Crippen LogP contribution in [0.1, 0.15) is 0 Å². The third kappa shape index (κ3) is 4.88. The Kier molecular flexibility index (Phi) is 5.75. The Hall–Kier alpha value is -3.91. The van der Waals surface area contributed by atoms with Crippen LogP contribution >= 0.6 is 7.82 Å². The first kappa shape index (κ1) is 19.8. The van der Waals surface area contributed by atoms with Gasteiger partial charge in [-0.1, -0.05) is 42.5 Å². The minimum atomic E-state index is -4.63. The summed E-state index contributed by atoms with van der Waals surface area (Å²) in [5, 5.41) is 22.5. The molecule has 0 fully saturated rings. The van der Waals surface area contributed by atoms with Crippen LogP contribution in [0.5, 0.6) is 17.2 Å². The molecule has 3 rings (SSSR count). The average molecular weight is 416 g/mol. The van der Waals surface area contributed by atoms with Gasteiger partial charge in [-0.25, -0.2) is 0 Å². The monoisotopic (exact) mass is 416 g/mol. The number of nitro groups is 2. The standard InChI is InChI=1S/C18H13N2O8P/c21-19(22)15-10-4-6-12-17(15)27-29(25,26-14-8-2-1-3-9-14)28-18-13-7-5-11-16(18)20(23)24/h1-13H. The molecule has 3 aromatic carbocycles. The van der Waals surface area contributed by atoms with E-state index in [1.54, 1.807) is 18.2 Å². The van der Waals surface area contributed by atoms with E-state index in [2.05, 4.69) is 0 Å². The number of para-hydroxylation sites is 5. The van der Waals surface area contributed by atoms with Gasteiger partial charge in [-0.05, 0) is 24.3 Å². The molecule has 0 aliphatic heterocycles. The lowest BCUT2D eigenvalue weighted by Gasteiger charge is -2.19. The van der Waals surface area contributed by atoms with E-state index in [1.165, 1.54) is 48.5 Å². The fourth-order valence-corrected chi connectivity index (χ4v) is 3.56. The zero-order valence-electron chi connectivity index (χ0n) is 14.6. The van der Waals surface area contributed by atoms with E-state index in [0.717, 1.165) is 12.1 Å². The second-order valence-corrected chi connectivity index (χ2v) is 6.93. The van der Waals surface area contributed by atoms with Crippen LogP contribution in [-0.4, -0.2) is 9.85 Å². The highest BCUT2D eigenvalue weighted by atomic mass is 31.2. The number of rotatable bonds is 8. The molecule has 0 amide bonds. The normalized spacial score (nSPS) is 10.8. The summed E-state index contributed by atoms with van der Waals surface area (Å²) in [7, 11) is -4.63. The van der Waals surface area contributed by atoms with Gasteiger partial charge in [-0.2, -0.15) is 4.57 Å². The van der Waals surface area contributed by atoms with Crippen LogP contribution < -0.4 is 13.6 Å². The second kappa shape index (κ2) is 8.41. The highest BCUT2D eigenvalue weighted by molar-refractivity contribution is 7.49. The molecule has 29 heavy (non-hydrogen) atoms. The predicted octanol–water partition coefficient (Wildman–Crippen LogP) is 5.15. The first-order valence-corrected chi connectivity index (χ1v) is 9.55. The third-order valence-electron chi connectivity index (χ3n) is 3.50. The number of hydrogen-bond acceptors (Lipinski definition) is 8. The minimum absolute atomic E-state index is 0.0769. The zero-order valence-corrected chi connectivity index (χ0v) is 15.5. The van der Waals surface area contributed by atoms with E-state index in [9.17, 15) is 24.8 Å². The predicted molar refractivity (Wildman–Crippen MR) is 102 cm³/mol. The highest BCUT2D eigenvalue weighted by Gasteiger charge is 2.37. The molecule has 0 bridgehead atoms. The Bertz CT molecular complexity index is 1030. The van der Waals surface area contributed by atoms with Crippen molar-refractivity contribution in [1.82, 2.24) is 0 Å². The molecular weight excluding hydrogens is 403 g/mol. The van der Waals surface area contributed by atoms with Crippen molar-refractivity contribution >= 4 is 19.2 Å². The Morgan fingerprint density at radius 1 is 0.621 bits per heavy atom. The van der Waals surface area contributed by atoms with E-state index in [-0.39, 0.29) is 17.2 Å². The van der Waals surface area contributed by atoms with Crippen LogP contribution in [0.4, 0.5) is 11.4 Å². The smallest absolute Gasteiger partial charge is 0.386 e. The first-order chi connectivity index (χ1) is 13.9. The van der Waals surface area contributed by atoms with Gasteiger partial charge < -0.3 is 13.6 Å². The molecule has 0 aliphatic carbocycles. The molecule has 0 aromatic heterocycles. The van der Waals surface area contributed by atoms with Gasteiger partial charge in [0.2, 0.25) is 11.5 Å². The topological polar surface area (TPSA) is 131 Å². The van der Waals surface area contributed by atoms with Crippen LogP contribution in [0.25, 0.3) is 0 Å². The van der Waals surface area contributed by atoms with Crippen molar-refractivity contribution in [2.45, 2.75) is 0 Å². The Morgan fingerprint density at radius 2 is 1.03 bits per heavy atom. The van der Waals surface area contributed by atoms with Gasteiger partial charge >= 0.3 is 19.2 Å². The second-order valence-electron chi connectivity index (χ2n) is 5.48. The van der Waals surface area contributed by atoms with Crippen molar-refractivity contribution in [1.29, 1.82) is 0 Å². The molecule has 0 aliphatic rings. The quantitative estimate of drug-likeness (QED) is 0.280. The first-order valence-electron chi connectivity index (χ1n) is 8.09. The van der Waals surface area contributed by atoms with Gasteiger partial charge in [0, 0.05) is 12.1 Å². The van der Waals surface area contributed by atoms with Gasteiger partial charge in [-0.15, -0.1) is 0 Å². The van der Waals surface area contributed by atoms with E-state index < -0.39 is 29.0 Å². The lowest BCUT2D eigenvalue weighted by molar-refractivity contribution is -0.385. The summed E-state index contributed by atoms with van der Waals surface area (Å²) in [4.78, 5) is 21.0. The summed E-state index contributed by atoms with van der Waals surface area (Å²) in [6.45, 7) is 0. The van der Waals surface area contributed by atoms with Crippen LogP contribution in [0.3, 0.4) is 0 Å². The van der Waals surface area contributed by atoms with Gasteiger partial charge in [0.05, 0.1) is 9.85 Å². The molecular formula is C18H13N2O8P. The van der Waals surface area contributed by atoms with E-state index in [1.807, 2.05) is 0 Å². The largest absolute Gasteiger partial charge is 0.647 e. The maximum absolute atomic E-state index is 13.4. The molecule has 11 heteroatoms. The van der Waals surface area contributed by atoms with Crippen LogP contribution in [0.2, 0.25) is 0 Å². The lowest BCUT2D eigenvalue weighted by Crippen LogP contribution is -2.09. The van der Waals surface area contributed by atoms with E-state index >= 15 is 0 Å². The Morgan fingerprint density at radius 3 is 1.48 bits per heavy atom. The number of hydrogen-bond donors (Lipinski definition) is 0. The minimum Gasteiger partial charge on any atom is -0.386 e. The van der Waals surface area contributed by atoms with Gasteiger partial charge in [0.15, 0.2) is 0 Å². The number of nitro benzene ring substituents is 2. The summed E-state index contributed by atoms with van der Waals surface area (Å²) in [5.41, 5.74) is -0.953. The SMILES string of the molecule is O=[N+]([O-])c1ccccc1OP(=O)(Oc1ccccc1)Oc1ccccc1[N+](=O)[O-]. The summed E-state index contributed by atoms with van der Waals surface area (Å²) < 4.78 is 29.3. The summed E-state index contributed by atoms with van der Waals surface area (Å²) in [6.07, 6.45) is 0. The third-order valence-corrected chi connectivity index (χ3v) is 4.78. The lowest BCUT2D eigenvalue weighted by atomic mass is 10.3. The van der Waals surface area contributed by atoms with Crippen LogP contribution in [-0.2, 0) is 4.57 Å². The maximum Gasteiger partial charge on any atom is 0.647 e. The zero-order chi connectivity index (χ0) is 20.9. The molecule has 3 aromatic rings. The molecule has 148 valence electrons. The molecule has 0 radical (unpaired) electrons. The molecule has 10 nitrogen and oxygen atoms in total. The summed E-state index contributed by atoms with van der Waals surface area (Å²) >= 11 is 0. The van der Waals surface area contributed by atoms with E-state index in [0.29, 0.717) is 0 Å². The van der Waals surface area contributed by atoms with Crippen molar-refractivity contribution in [3.8, 4) is 17.2 Å². The molecule has 0 N–H and O–H groups in total. The molecule has 0 heterocycles. The number of phosphoric acid groups is 1. The molecule has 0 spiro atoms. The van der Waals surface area contributed by atoms with E-state index in [4.69, 9.17) is 13.6 Å². The summed E-state index contributed by atoms with van der Waals surface area (Å²) in [5.74, 6) is -0.682. The number of benzene rings is 3. The maximum atomic E-state index is 13.4.